The molecule has 0 N–H and O–H groups in total. The van der Waals surface area contributed by atoms with Crippen LogP contribution in [0.25, 0.3) is 22.3 Å². The fourth-order valence-corrected chi connectivity index (χ4v) is 2.47. The summed E-state index contributed by atoms with van der Waals surface area (Å²) in [5, 5.41) is 0. The predicted molar refractivity (Wildman–Crippen MR) is 77.1 cm³/mol. The Bertz CT molecular complexity index is 890. The summed E-state index contributed by atoms with van der Waals surface area (Å²) in [5.41, 5.74) is -1.59. The molecule has 0 saturated heterocycles. The maximum atomic E-state index is 14.3. The Morgan fingerprint density at radius 2 is 1.00 bits per heavy atom. The molecule has 0 bridgehead atoms. The van der Waals surface area contributed by atoms with E-state index in [2.05, 4.69) is 0 Å². The molecule has 0 aliphatic carbocycles. The van der Waals surface area contributed by atoms with E-state index in [0.717, 1.165) is 18.2 Å². The zero-order valence-corrected chi connectivity index (χ0v) is 11.9. The lowest BCUT2D eigenvalue weighted by Crippen LogP contribution is -2.05. The van der Waals surface area contributed by atoms with Crippen molar-refractivity contribution < 1.29 is 26.3 Å². The molecule has 0 aliphatic rings. The van der Waals surface area contributed by atoms with Crippen molar-refractivity contribution in [3.05, 3.63) is 83.4 Å². The molecule has 0 aromatic heterocycles. The fraction of sp³-hybridized carbons (Fsp3) is 0. The highest BCUT2D eigenvalue weighted by Gasteiger charge is 2.28. The van der Waals surface area contributed by atoms with Gasteiger partial charge in [-0.15, -0.1) is 0 Å². The molecule has 0 spiro atoms. The lowest BCUT2D eigenvalue weighted by atomic mass is 9.93. The molecule has 6 heteroatoms. The van der Waals surface area contributed by atoms with E-state index < -0.39 is 46.0 Å². The quantitative estimate of drug-likeness (QED) is 0.312. The van der Waals surface area contributed by atoms with Crippen LogP contribution in [0.1, 0.15) is 0 Å². The van der Waals surface area contributed by atoms with Gasteiger partial charge in [-0.2, -0.15) is 0 Å². The van der Waals surface area contributed by atoms with E-state index in [1.165, 1.54) is 12.1 Å². The summed E-state index contributed by atoms with van der Waals surface area (Å²) in [4.78, 5) is 0. The third kappa shape index (κ3) is 2.44. The molecule has 0 saturated carbocycles. The van der Waals surface area contributed by atoms with Crippen LogP contribution in [-0.4, -0.2) is 0 Å². The molecular formula is C18H8F6. The maximum absolute atomic E-state index is 14.3. The van der Waals surface area contributed by atoms with Crippen LogP contribution in [0.4, 0.5) is 26.3 Å². The molecule has 3 rings (SSSR count). The highest BCUT2D eigenvalue weighted by molar-refractivity contribution is 5.84. The third-order valence-electron chi connectivity index (χ3n) is 3.56. The smallest absolute Gasteiger partial charge is 0.200 e. The molecular weight excluding hydrogens is 330 g/mol. The average molecular weight is 338 g/mol. The van der Waals surface area contributed by atoms with Crippen molar-refractivity contribution in [3.63, 3.8) is 0 Å². The van der Waals surface area contributed by atoms with Crippen molar-refractivity contribution in [3.8, 4) is 22.3 Å². The van der Waals surface area contributed by atoms with Crippen LogP contribution in [0, 0.1) is 34.9 Å². The predicted octanol–water partition coefficient (Wildman–Crippen LogP) is 5.86. The molecule has 0 unspecified atom stereocenters. The molecule has 3 aromatic carbocycles. The average Bonchev–Trinajstić information content (AvgIpc) is 2.59. The van der Waals surface area contributed by atoms with E-state index in [4.69, 9.17) is 0 Å². The van der Waals surface area contributed by atoms with E-state index in [1.54, 1.807) is 18.2 Å². The Kier molecular flexibility index (Phi) is 4.05. The van der Waals surface area contributed by atoms with Gasteiger partial charge in [-0.1, -0.05) is 42.5 Å². The summed E-state index contributed by atoms with van der Waals surface area (Å²) in [7, 11) is 0. The van der Waals surface area contributed by atoms with Gasteiger partial charge in [-0.3, -0.25) is 0 Å². The molecule has 0 aliphatic heterocycles. The standard InChI is InChI=1S/C18H8F6/c19-11-8-4-7-10(12(11)9-5-2-1-3-6-9)13-14(20)16(22)18(24)17(23)15(13)21/h1-8H. The maximum Gasteiger partial charge on any atom is 0.200 e. The lowest BCUT2D eigenvalue weighted by molar-refractivity contribution is 0.381. The van der Waals surface area contributed by atoms with E-state index in [-0.39, 0.29) is 11.1 Å². The van der Waals surface area contributed by atoms with Gasteiger partial charge in [-0.25, -0.2) is 26.3 Å². The fourth-order valence-electron chi connectivity index (χ4n) is 2.47. The monoisotopic (exact) mass is 338 g/mol. The van der Waals surface area contributed by atoms with Crippen molar-refractivity contribution in [2.75, 3.05) is 0 Å². The van der Waals surface area contributed by atoms with Crippen LogP contribution in [0.2, 0.25) is 0 Å². The van der Waals surface area contributed by atoms with Gasteiger partial charge in [-0.05, 0) is 17.2 Å². The molecule has 0 amide bonds. The topological polar surface area (TPSA) is 0 Å². The first kappa shape index (κ1) is 16.1. The summed E-state index contributed by atoms with van der Waals surface area (Å²) < 4.78 is 82.6. The summed E-state index contributed by atoms with van der Waals surface area (Å²) in [6.07, 6.45) is 0. The zero-order valence-electron chi connectivity index (χ0n) is 11.9. The molecule has 0 atom stereocenters. The van der Waals surface area contributed by atoms with Crippen LogP contribution >= 0.6 is 0 Å². The Labute approximate surface area is 133 Å². The minimum Gasteiger partial charge on any atom is -0.206 e. The normalized spacial score (nSPS) is 10.9. The van der Waals surface area contributed by atoms with Crippen molar-refractivity contribution in [2.45, 2.75) is 0 Å². The van der Waals surface area contributed by atoms with Crippen LogP contribution in [0.5, 0.6) is 0 Å². The Morgan fingerprint density at radius 3 is 1.58 bits per heavy atom. The van der Waals surface area contributed by atoms with Crippen molar-refractivity contribution in [2.24, 2.45) is 0 Å². The minimum absolute atomic E-state index is 0.245. The molecule has 0 radical (unpaired) electrons. The summed E-state index contributed by atoms with van der Waals surface area (Å²) in [5.74, 6) is -11.3. The van der Waals surface area contributed by atoms with Gasteiger partial charge in [0.15, 0.2) is 23.3 Å². The van der Waals surface area contributed by atoms with Crippen LogP contribution in [-0.2, 0) is 0 Å². The second-order valence-electron chi connectivity index (χ2n) is 4.97. The number of hydrogen-bond acceptors (Lipinski definition) is 0. The first-order valence-corrected chi connectivity index (χ1v) is 6.79. The number of hydrogen-bond donors (Lipinski definition) is 0. The second kappa shape index (κ2) is 6.03. The van der Waals surface area contributed by atoms with Crippen LogP contribution < -0.4 is 0 Å². The van der Waals surface area contributed by atoms with Crippen LogP contribution in [0.3, 0.4) is 0 Å². The number of benzene rings is 3. The highest BCUT2D eigenvalue weighted by Crippen LogP contribution is 2.38. The van der Waals surface area contributed by atoms with Gasteiger partial charge in [0.05, 0.1) is 5.56 Å². The number of rotatable bonds is 2. The molecule has 3 aromatic rings. The minimum atomic E-state index is -2.26. The molecule has 24 heavy (non-hydrogen) atoms. The van der Waals surface area contributed by atoms with Gasteiger partial charge in [0.25, 0.3) is 0 Å². The van der Waals surface area contributed by atoms with Gasteiger partial charge in [0, 0.05) is 5.56 Å². The molecule has 0 fully saturated rings. The Hall–Kier alpha value is -2.76. The Balaban J connectivity index is 2.40. The molecule has 0 heterocycles. The first-order chi connectivity index (χ1) is 11.4. The van der Waals surface area contributed by atoms with Crippen LogP contribution in [0.15, 0.2) is 48.5 Å². The Morgan fingerprint density at radius 1 is 0.458 bits per heavy atom. The van der Waals surface area contributed by atoms with E-state index in [1.807, 2.05) is 0 Å². The summed E-state index contributed by atoms with van der Waals surface area (Å²) in [6.45, 7) is 0. The SMILES string of the molecule is Fc1cccc(-c2c(F)c(F)c(F)c(F)c2F)c1-c1ccccc1. The van der Waals surface area contributed by atoms with E-state index >= 15 is 0 Å². The van der Waals surface area contributed by atoms with Crippen molar-refractivity contribution >= 4 is 0 Å². The first-order valence-electron chi connectivity index (χ1n) is 6.79. The largest absolute Gasteiger partial charge is 0.206 e. The molecule has 0 nitrogen and oxygen atoms in total. The summed E-state index contributed by atoms with van der Waals surface area (Å²) in [6, 6.07) is 11.0. The molecule has 122 valence electrons. The van der Waals surface area contributed by atoms with Gasteiger partial charge < -0.3 is 0 Å². The van der Waals surface area contributed by atoms with E-state index in [0.29, 0.717) is 0 Å². The third-order valence-corrected chi connectivity index (χ3v) is 3.56. The zero-order chi connectivity index (χ0) is 17.4. The van der Waals surface area contributed by atoms with Crippen molar-refractivity contribution in [1.29, 1.82) is 0 Å². The van der Waals surface area contributed by atoms with E-state index in [9.17, 15) is 26.3 Å². The number of halogens is 6. The second-order valence-corrected chi connectivity index (χ2v) is 4.97. The van der Waals surface area contributed by atoms with Crippen molar-refractivity contribution in [1.82, 2.24) is 0 Å². The van der Waals surface area contributed by atoms with Gasteiger partial charge >= 0.3 is 0 Å². The highest BCUT2D eigenvalue weighted by atomic mass is 19.2. The van der Waals surface area contributed by atoms with Gasteiger partial charge in [0.1, 0.15) is 5.82 Å². The van der Waals surface area contributed by atoms with Gasteiger partial charge in [0.2, 0.25) is 5.82 Å². The lowest BCUT2D eigenvalue weighted by Gasteiger charge is -2.14. The summed E-state index contributed by atoms with van der Waals surface area (Å²) >= 11 is 0.